The average molecular weight is 998 g/mol. The van der Waals surface area contributed by atoms with Crippen LogP contribution in [0.5, 0.6) is 0 Å². The van der Waals surface area contributed by atoms with Gasteiger partial charge >= 0.3 is 35.8 Å². The Morgan fingerprint density at radius 2 is 1.35 bits per heavy atom. The molecule has 1 heterocycles. The molecule has 1 aliphatic heterocycles. The maximum atomic E-state index is 15.7. The molecule has 3 aliphatic carbocycles. The number of hydrogen-bond donors (Lipinski definition) is 4. The second-order valence-corrected chi connectivity index (χ2v) is 19.5. The first-order valence-corrected chi connectivity index (χ1v) is 23.5. The van der Waals surface area contributed by atoms with Crippen LogP contribution in [0.2, 0.25) is 0 Å². The van der Waals surface area contributed by atoms with Crippen molar-refractivity contribution < 1.29 is 86.8 Å². The minimum absolute atomic E-state index is 0.0133. The lowest BCUT2D eigenvalue weighted by molar-refractivity contribution is -0.346. The van der Waals surface area contributed by atoms with Gasteiger partial charge in [-0.15, -0.1) is 0 Å². The number of aliphatic hydroxyl groups excluding tert-OH is 2. The Kier molecular flexibility index (Phi) is 15.0. The van der Waals surface area contributed by atoms with Gasteiger partial charge in [0.1, 0.15) is 36.1 Å². The smallest absolute Gasteiger partial charge is 0.350 e. The Balaban J connectivity index is 1.42. The van der Waals surface area contributed by atoms with Crippen LogP contribution in [-0.4, -0.2) is 129 Å². The van der Waals surface area contributed by atoms with Gasteiger partial charge in [0.25, 0.3) is 5.91 Å². The van der Waals surface area contributed by atoms with E-state index in [1.54, 1.807) is 54.6 Å². The number of amides is 1. The van der Waals surface area contributed by atoms with Crippen LogP contribution in [0.25, 0.3) is 0 Å². The van der Waals surface area contributed by atoms with Crippen molar-refractivity contribution in [2.24, 2.45) is 16.7 Å². The van der Waals surface area contributed by atoms with Crippen molar-refractivity contribution in [3.05, 3.63) is 119 Å². The maximum Gasteiger partial charge on any atom is 0.350 e. The van der Waals surface area contributed by atoms with E-state index in [0.29, 0.717) is 0 Å². The molecule has 72 heavy (non-hydrogen) atoms. The van der Waals surface area contributed by atoms with Crippen molar-refractivity contribution in [1.29, 1.82) is 0 Å². The van der Waals surface area contributed by atoms with Crippen molar-refractivity contribution in [3.8, 4) is 0 Å². The molecule has 0 radical (unpaired) electrons. The molecule has 4 N–H and O–H groups in total. The Bertz CT molecular complexity index is 2640. The zero-order valence-electron chi connectivity index (χ0n) is 41.0. The summed E-state index contributed by atoms with van der Waals surface area (Å²) in [6.45, 7) is 9.88. The van der Waals surface area contributed by atoms with Crippen molar-refractivity contribution in [1.82, 2.24) is 5.32 Å². The van der Waals surface area contributed by atoms with Gasteiger partial charge in [-0.2, -0.15) is 0 Å². The summed E-state index contributed by atoms with van der Waals surface area (Å²) in [6.07, 6.45) is -14.7. The molecule has 384 valence electrons. The fraction of sp³-hybridized carbons (Fsp3) is 0.472. The summed E-state index contributed by atoms with van der Waals surface area (Å²) >= 11 is 0. The predicted octanol–water partition coefficient (Wildman–Crippen LogP) is 3.60. The van der Waals surface area contributed by atoms with Gasteiger partial charge in [0.15, 0.2) is 23.6 Å². The van der Waals surface area contributed by atoms with Gasteiger partial charge in [-0.25, -0.2) is 19.2 Å². The van der Waals surface area contributed by atoms with E-state index in [1.807, 2.05) is 0 Å². The summed E-state index contributed by atoms with van der Waals surface area (Å²) in [7, 11) is 0. The lowest BCUT2D eigenvalue weighted by Gasteiger charge is -2.67. The summed E-state index contributed by atoms with van der Waals surface area (Å²) in [5.74, 6) is -9.92. The second kappa shape index (κ2) is 20.4. The Morgan fingerprint density at radius 1 is 0.764 bits per heavy atom. The summed E-state index contributed by atoms with van der Waals surface area (Å²) < 4.78 is 41.6. The topological polar surface area (TPSA) is 274 Å². The van der Waals surface area contributed by atoms with Crippen LogP contribution in [0.1, 0.15) is 101 Å². The van der Waals surface area contributed by atoms with Crippen LogP contribution in [-0.2, 0) is 61.9 Å². The normalized spacial score (nSPS) is 29.8. The lowest BCUT2D eigenvalue weighted by Crippen LogP contribution is -2.82. The molecule has 0 spiro atoms. The molecule has 3 aromatic carbocycles. The maximum absolute atomic E-state index is 15.7. The molecule has 2 saturated carbocycles. The molecule has 1 amide bonds. The fourth-order valence-electron chi connectivity index (χ4n) is 10.8. The number of hydrogen-bond acceptors (Lipinski definition) is 18. The van der Waals surface area contributed by atoms with E-state index in [0.717, 1.165) is 27.7 Å². The third-order valence-corrected chi connectivity index (χ3v) is 14.7. The van der Waals surface area contributed by atoms with Gasteiger partial charge in [-0.05, 0) is 68.7 Å². The largest absolute Gasteiger partial charge is 0.455 e. The molecule has 4 aliphatic rings. The van der Waals surface area contributed by atoms with Crippen LogP contribution >= 0.6 is 0 Å². The van der Waals surface area contributed by atoms with Gasteiger partial charge < -0.3 is 53.8 Å². The number of aliphatic hydroxyl groups is 3. The molecular weight excluding hydrogens is 939 g/mol. The zero-order chi connectivity index (χ0) is 52.7. The molecular formula is C53H59NO18. The van der Waals surface area contributed by atoms with Crippen molar-refractivity contribution in [2.75, 3.05) is 6.61 Å². The second-order valence-electron chi connectivity index (χ2n) is 19.5. The molecule has 2 bridgehead atoms. The quantitative estimate of drug-likeness (QED) is 0.102. The molecule has 3 aromatic rings. The SMILES string of the molecule is CC(=O)O[C@H]1C(=O)[C@@]2(C)C([C@H](OC(=O)c3ccccc3)[C@]3(O)CC(OC(=O)[C@H](OC(=O)C(C)OC(=O)C(C)O)C(NC(=O)c4ccccc4)c4ccccc4)C(C)=C1C3(C)C)[C@]1(OC(C)=O)CO[C@@H]1C[C@@H]2O. The fourth-order valence-corrected chi connectivity index (χ4v) is 10.8. The molecule has 13 atom stereocenters. The number of Topliss-reactive ketones (excluding diaryl/α,β-unsaturated/α-hetero) is 1. The number of rotatable bonds is 14. The number of fused-ring (bicyclic) bond motifs is 5. The minimum atomic E-state index is -2.52. The first-order valence-electron chi connectivity index (χ1n) is 23.5. The standard InChI is InChI=1S/C53H59NO18/c1-27-35(69-49(64)41(70-47(62)29(3)67-46(61)28(2)55)39(32-18-12-9-13-19-32)54-45(60)33-20-14-10-15-21-33)25-53(65)44(71-48(63)34-22-16-11-17-23-34)42-51(8,36(58)24-37-52(42,26-66-37)72-31(5)57)43(59)40(68-30(4)56)38(27)50(53,6)7/h9-23,28-29,35-37,39-42,44,55,58,65H,24-26H2,1-8H3,(H,54,60)/t28?,29?,35?,36-,37+,39?,40+,41+,42?,44-,51+,52-,53+/m0/s1. The number of nitrogens with one attached hydrogen (secondary N) is 1. The minimum Gasteiger partial charge on any atom is -0.455 e. The first kappa shape index (κ1) is 53.0. The molecule has 7 rings (SSSR count). The predicted molar refractivity (Wildman–Crippen MR) is 249 cm³/mol. The van der Waals surface area contributed by atoms with Crippen LogP contribution in [0.4, 0.5) is 0 Å². The van der Waals surface area contributed by atoms with Crippen LogP contribution < -0.4 is 5.32 Å². The van der Waals surface area contributed by atoms with Gasteiger partial charge in [0, 0.05) is 37.7 Å². The molecule has 19 nitrogen and oxygen atoms in total. The third kappa shape index (κ3) is 9.53. The van der Waals surface area contributed by atoms with E-state index in [4.69, 9.17) is 33.2 Å². The highest BCUT2D eigenvalue weighted by atomic mass is 16.6. The third-order valence-electron chi connectivity index (χ3n) is 14.7. The Labute approximate surface area is 415 Å². The zero-order valence-corrected chi connectivity index (χ0v) is 41.0. The molecule has 0 aromatic heterocycles. The van der Waals surface area contributed by atoms with E-state index < -0.39 is 137 Å². The molecule has 1 saturated heterocycles. The van der Waals surface area contributed by atoms with Gasteiger partial charge in [0.05, 0.1) is 29.6 Å². The number of ketones is 1. The van der Waals surface area contributed by atoms with Crippen LogP contribution in [0.3, 0.4) is 0 Å². The molecule has 3 fully saturated rings. The monoisotopic (exact) mass is 997 g/mol. The van der Waals surface area contributed by atoms with Gasteiger partial charge in [-0.3, -0.25) is 19.2 Å². The summed E-state index contributed by atoms with van der Waals surface area (Å²) in [4.78, 5) is 112. The molecule has 19 heteroatoms. The van der Waals surface area contributed by atoms with Crippen LogP contribution in [0, 0.1) is 16.7 Å². The number of ether oxygens (including phenoxy) is 7. The summed E-state index contributed by atoms with van der Waals surface area (Å²) in [6, 6.07) is 21.9. The van der Waals surface area contributed by atoms with Crippen molar-refractivity contribution >= 4 is 47.5 Å². The number of benzene rings is 3. The van der Waals surface area contributed by atoms with Crippen molar-refractivity contribution in [2.45, 2.75) is 134 Å². The highest BCUT2D eigenvalue weighted by Crippen LogP contribution is 2.64. The average Bonchev–Trinajstić information content (AvgIpc) is 3.33. The van der Waals surface area contributed by atoms with E-state index in [1.165, 1.54) is 64.1 Å². The van der Waals surface area contributed by atoms with E-state index >= 15 is 9.59 Å². The first-order chi connectivity index (χ1) is 33.9. The van der Waals surface area contributed by atoms with Gasteiger partial charge in [-0.1, -0.05) is 80.6 Å². The highest BCUT2D eigenvalue weighted by Gasteiger charge is 2.78. The van der Waals surface area contributed by atoms with E-state index in [-0.39, 0.29) is 40.9 Å². The van der Waals surface area contributed by atoms with Crippen molar-refractivity contribution in [3.63, 3.8) is 0 Å². The highest BCUT2D eigenvalue weighted by molar-refractivity contribution is 5.96. The van der Waals surface area contributed by atoms with Gasteiger partial charge in [0.2, 0.25) is 6.10 Å². The number of carbonyl (C=O) groups excluding carboxylic acids is 8. The number of esters is 6. The summed E-state index contributed by atoms with van der Waals surface area (Å²) in [5.41, 5.74) is -7.94. The molecule has 5 unspecified atom stereocenters. The number of carbonyl (C=O) groups is 8. The summed E-state index contributed by atoms with van der Waals surface area (Å²) in [5, 5.41) is 38.7. The van der Waals surface area contributed by atoms with E-state index in [9.17, 15) is 44.1 Å². The Hall–Kier alpha value is -6.80. The van der Waals surface area contributed by atoms with Crippen LogP contribution in [0.15, 0.2) is 102 Å². The van der Waals surface area contributed by atoms with E-state index in [2.05, 4.69) is 5.32 Å². The lowest BCUT2D eigenvalue weighted by atomic mass is 9.44. The Morgan fingerprint density at radius 3 is 1.89 bits per heavy atom.